The van der Waals surface area contributed by atoms with Gasteiger partial charge in [0.2, 0.25) is 10.0 Å². The molecule has 0 radical (unpaired) electrons. The molecule has 7 heteroatoms. The number of rotatable bonds is 5. The minimum Gasteiger partial charge on any atom is -0.392 e. The first-order valence-electron chi connectivity index (χ1n) is 6.25. The van der Waals surface area contributed by atoms with Crippen molar-refractivity contribution in [2.24, 2.45) is 0 Å². The third kappa shape index (κ3) is 3.88. The van der Waals surface area contributed by atoms with Crippen molar-refractivity contribution in [1.29, 1.82) is 0 Å². The molecule has 1 aromatic carbocycles. The minimum absolute atomic E-state index is 0.139. The zero-order chi connectivity index (χ0) is 15.5. The standard InChI is InChI=1S/C14H15BrN2O3S/c1-10(12-4-6-16-7-5-12)17-21(19,20)14-3-2-11(9-18)8-13(14)15/h2-8,10,17-18H,9H2,1H3. The maximum Gasteiger partial charge on any atom is 0.242 e. The maximum absolute atomic E-state index is 12.4. The third-order valence-corrected chi connectivity index (χ3v) is 5.52. The number of aliphatic hydroxyl groups is 1. The average molecular weight is 371 g/mol. The van der Waals surface area contributed by atoms with Crippen molar-refractivity contribution < 1.29 is 13.5 Å². The second kappa shape index (κ2) is 6.65. The molecule has 5 nitrogen and oxygen atoms in total. The summed E-state index contributed by atoms with van der Waals surface area (Å²) in [5.74, 6) is 0. The van der Waals surface area contributed by atoms with Crippen LogP contribution in [0.5, 0.6) is 0 Å². The van der Waals surface area contributed by atoms with Crippen LogP contribution in [0.15, 0.2) is 52.1 Å². The van der Waals surface area contributed by atoms with Crippen LogP contribution in [0.4, 0.5) is 0 Å². The van der Waals surface area contributed by atoms with Crippen LogP contribution in [0.2, 0.25) is 0 Å². The Bertz CT molecular complexity index is 720. The second-order valence-corrected chi connectivity index (χ2v) is 7.08. The highest BCUT2D eigenvalue weighted by molar-refractivity contribution is 9.10. The normalized spacial score (nSPS) is 13.1. The van der Waals surface area contributed by atoms with Crippen molar-refractivity contribution in [3.05, 3.63) is 58.3 Å². The lowest BCUT2D eigenvalue weighted by molar-refractivity contribution is 0.281. The van der Waals surface area contributed by atoms with Gasteiger partial charge < -0.3 is 5.11 Å². The Morgan fingerprint density at radius 2 is 1.95 bits per heavy atom. The summed E-state index contributed by atoms with van der Waals surface area (Å²) in [6, 6.07) is 7.79. The van der Waals surface area contributed by atoms with Crippen LogP contribution >= 0.6 is 15.9 Å². The van der Waals surface area contributed by atoms with E-state index in [0.717, 1.165) is 5.56 Å². The first kappa shape index (κ1) is 16.1. The molecular formula is C14H15BrN2O3S. The molecule has 0 spiro atoms. The van der Waals surface area contributed by atoms with E-state index in [1.54, 1.807) is 43.6 Å². The molecule has 0 amide bonds. The molecule has 1 atom stereocenters. The lowest BCUT2D eigenvalue weighted by Gasteiger charge is -2.15. The highest BCUT2D eigenvalue weighted by atomic mass is 79.9. The maximum atomic E-state index is 12.4. The van der Waals surface area contributed by atoms with Crippen LogP contribution in [-0.4, -0.2) is 18.5 Å². The summed E-state index contributed by atoms with van der Waals surface area (Å²) in [6.07, 6.45) is 3.23. The second-order valence-electron chi connectivity index (χ2n) is 4.55. The predicted molar refractivity (Wildman–Crippen MR) is 83.0 cm³/mol. The van der Waals surface area contributed by atoms with Gasteiger partial charge >= 0.3 is 0 Å². The van der Waals surface area contributed by atoms with Crippen molar-refractivity contribution in [2.45, 2.75) is 24.5 Å². The summed E-state index contributed by atoms with van der Waals surface area (Å²) < 4.78 is 27.9. The van der Waals surface area contributed by atoms with Gasteiger partial charge in [0.15, 0.2) is 0 Å². The average Bonchev–Trinajstić information content (AvgIpc) is 2.47. The fourth-order valence-corrected chi connectivity index (χ4v) is 4.23. The summed E-state index contributed by atoms with van der Waals surface area (Å²) in [5.41, 5.74) is 1.47. The van der Waals surface area contributed by atoms with Crippen LogP contribution in [0.25, 0.3) is 0 Å². The van der Waals surface area contributed by atoms with Crippen LogP contribution in [-0.2, 0) is 16.6 Å². The van der Waals surface area contributed by atoms with Gasteiger partial charge in [-0.3, -0.25) is 4.98 Å². The minimum atomic E-state index is -3.66. The molecule has 0 aliphatic rings. The summed E-state index contributed by atoms with van der Waals surface area (Å²) in [4.78, 5) is 4.05. The van der Waals surface area contributed by atoms with Crippen molar-refractivity contribution in [3.8, 4) is 0 Å². The molecule has 2 aromatic rings. The lowest BCUT2D eigenvalue weighted by atomic mass is 10.1. The van der Waals surface area contributed by atoms with Gasteiger partial charge in [-0.15, -0.1) is 0 Å². The Kier molecular flexibility index (Phi) is 5.10. The van der Waals surface area contributed by atoms with Crippen LogP contribution < -0.4 is 4.72 Å². The van der Waals surface area contributed by atoms with Gasteiger partial charge in [-0.2, -0.15) is 0 Å². The van der Waals surface area contributed by atoms with E-state index in [4.69, 9.17) is 5.11 Å². The Morgan fingerprint density at radius 3 is 2.52 bits per heavy atom. The van der Waals surface area contributed by atoms with Gasteiger partial charge in [-0.1, -0.05) is 6.07 Å². The zero-order valence-electron chi connectivity index (χ0n) is 11.3. The monoisotopic (exact) mass is 370 g/mol. The number of nitrogens with one attached hydrogen (secondary N) is 1. The summed E-state index contributed by atoms with van der Waals surface area (Å²) >= 11 is 3.23. The number of benzene rings is 1. The SMILES string of the molecule is CC(NS(=O)(=O)c1ccc(CO)cc1Br)c1ccncc1. The molecule has 21 heavy (non-hydrogen) atoms. The van der Waals surface area contributed by atoms with E-state index in [1.165, 1.54) is 6.07 Å². The molecule has 2 rings (SSSR count). The molecule has 112 valence electrons. The summed E-state index contributed by atoms with van der Waals surface area (Å²) in [6.45, 7) is 1.63. The molecule has 2 N–H and O–H groups in total. The fraction of sp³-hybridized carbons (Fsp3) is 0.214. The zero-order valence-corrected chi connectivity index (χ0v) is 13.7. The molecule has 0 fully saturated rings. The highest BCUT2D eigenvalue weighted by Crippen LogP contribution is 2.25. The number of aromatic nitrogens is 1. The van der Waals surface area contributed by atoms with E-state index in [9.17, 15) is 8.42 Å². The van der Waals surface area contributed by atoms with Gasteiger partial charge in [-0.05, 0) is 58.2 Å². The predicted octanol–water partition coefficient (Wildman–Crippen LogP) is 2.38. The van der Waals surface area contributed by atoms with E-state index in [1.807, 2.05) is 0 Å². The molecule has 0 saturated heterocycles. The van der Waals surface area contributed by atoms with Crippen LogP contribution in [0.1, 0.15) is 24.1 Å². The van der Waals surface area contributed by atoms with Crippen molar-refractivity contribution >= 4 is 26.0 Å². The first-order valence-corrected chi connectivity index (χ1v) is 8.53. The summed E-state index contributed by atoms with van der Waals surface area (Å²) in [7, 11) is -3.66. The van der Waals surface area contributed by atoms with E-state index in [2.05, 4.69) is 25.6 Å². The molecule has 1 heterocycles. The van der Waals surface area contributed by atoms with Crippen molar-refractivity contribution in [3.63, 3.8) is 0 Å². The molecule has 1 unspecified atom stereocenters. The number of aliphatic hydroxyl groups excluding tert-OH is 1. The van der Waals surface area contributed by atoms with Gasteiger partial charge in [0.25, 0.3) is 0 Å². The molecule has 0 aliphatic heterocycles. The number of halogens is 1. The van der Waals surface area contributed by atoms with E-state index < -0.39 is 10.0 Å². The number of hydrogen-bond donors (Lipinski definition) is 2. The first-order chi connectivity index (χ1) is 9.94. The Morgan fingerprint density at radius 1 is 1.29 bits per heavy atom. The smallest absolute Gasteiger partial charge is 0.242 e. The largest absolute Gasteiger partial charge is 0.392 e. The lowest BCUT2D eigenvalue weighted by Crippen LogP contribution is -2.27. The van der Waals surface area contributed by atoms with Gasteiger partial charge in [0.05, 0.1) is 11.5 Å². The van der Waals surface area contributed by atoms with E-state index in [0.29, 0.717) is 10.0 Å². The van der Waals surface area contributed by atoms with Gasteiger partial charge in [0.1, 0.15) is 0 Å². The van der Waals surface area contributed by atoms with Gasteiger partial charge in [-0.25, -0.2) is 13.1 Å². The molecule has 1 aromatic heterocycles. The fourth-order valence-electron chi connectivity index (χ4n) is 1.88. The highest BCUT2D eigenvalue weighted by Gasteiger charge is 2.21. The van der Waals surface area contributed by atoms with Crippen LogP contribution in [0, 0.1) is 0 Å². The Balaban J connectivity index is 2.26. The van der Waals surface area contributed by atoms with Crippen molar-refractivity contribution in [1.82, 2.24) is 9.71 Å². The molecular weight excluding hydrogens is 356 g/mol. The van der Waals surface area contributed by atoms with E-state index in [-0.39, 0.29) is 17.5 Å². The Hall–Kier alpha value is -1.28. The van der Waals surface area contributed by atoms with Crippen molar-refractivity contribution in [2.75, 3.05) is 0 Å². The molecule has 0 aliphatic carbocycles. The topological polar surface area (TPSA) is 79.3 Å². The van der Waals surface area contributed by atoms with Crippen LogP contribution in [0.3, 0.4) is 0 Å². The molecule has 0 saturated carbocycles. The molecule has 0 bridgehead atoms. The third-order valence-electron chi connectivity index (χ3n) is 3.01. The Labute approximate surface area is 132 Å². The summed E-state index contributed by atoms with van der Waals surface area (Å²) in [5, 5.41) is 9.06. The number of pyridine rings is 1. The van der Waals surface area contributed by atoms with Gasteiger partial charge in [0, 0.05) is 22.9 Å². The number of sulfonamides is 1. The van der Waals surface area contributed by atoms with E-state index >= 15 is 0 Å². The quantitative estimate of drug-likeness (QED) is 0.846. The number of hydrogen-bond acceptors (Lipinski definition) is 4. The number of nitrogens with zero attached hydrogens (tertiary/aromatic N) is 1.